The second kappa shape index (κ2) is 7.55. The average molecular weight is 391 g/mol. The van der Waals surface area contributed by atoms with Crippen molar-refractivity contribution in [3.8, 4) is 0 Å². The minimum atomic E-state index is -0.608. The molecule has 0 bridgehead atoms. The normalized spacial score (nSPS) is 10.5. The number of para-hydroxylation sites is 1. The van der Waals surface area contributed by atoms with Gasteiger partial charge in [-0.25, -0.2) is 0 Å². The van der Waals surface area contributed by atoms with Gasteiger partial charge in [0.2, 0.25) is 5.43 Å². The molecule has 0 spiro atoms. The molecule has 0 aliphatic heterocycles. The van der Waals surface area contributed by atoms with Crippen LogP contribution in [0.25, 0.3) is 10.9 Å². The number of hydrogen-bond acceptors (Lipinski definition) is 4. The highest BCUT2D eigenvalue weighted by molar-refractivity contribution is 6.35. The molecule has 7 nitrogen and oxygen atoms in total. The van der Waals surface area contributed by atoms with Crippen molar-refractivity contribution in [1.82, 2.24) is 20.6 Å². The van der Waals surface area contributed by atoms with Gasteiger partial charge in [0, 0.05) is 10.4 Å². The zero-order chi connectivity index (χ0) is 18.7. The van der Waals surface area contributed by atoms with Gasteiger partial charge in [-0.2, -0.15) is 5.10 Å². The summed E-state index contributed by atoms with van der Waals surface area (Å²) in [7, 11) is 0. The Morgan fingerprint density at radius 3 is 2.65 bits per heavy atom. The number of hydrogen-bond donors (Lipinski definition) is 2. The largest absolute Gasteiger partial charge is 0.287 e. The Hall–Kier alpha value is -2.90. The maximum Gasteiger partial charge on any atom is 0.271 e. The topological polar surface area (TPSA) is 93.1 Å². The average Bonchev–Trinajstić information content (AvgIpc) is 2.64. The lowest BCUT2D eigenvalue weighted by molar-refractivity contribution is -0.122. The second-order valence-corrected chi connectivity index (χ2v) is 6.15. The molecule has 1 heterocycles. The van der Waals surface area contributed by atoms with E-state index in [1.54, 1.807) is 30.3 Å². The predicted molar refractivity (Wildman–Crippen MR) is 98.1 cm³/mol. The van der Waals surface area contributed by atoms with E-state index >= 15 is 0 Å². The Morgan fingerprint density at radius 1 is 1.08 bits per heavy atom. The fourth-order valence-corrected chi connectivity index (χ4v) is 2.70. The molecule has 2 aromatic carbocycles. The number of carbonyl (C=O) groups is 2. The van der Waals surface area contributed by atoms with E-state index in [0.717, 1.165) is 6.20 Å². The number of carbonyl (C=O) groups excluding carboxylic acids is 2. The molecule has 132 valence electrons. The Kier molecular flexibility index (Phi) is 5.20. The number of amides is 2. The van der Waals surface area contributed by atoms with E-state index in [-0.39, 0.29) is 22.6 Å². The minimum Gasteiger partial charge on any atom is -0.287 e. The first-order valence-electron chi connectivity index (χ1n) is 7.45. The number of aromatic nitrogens is 2. The van der Waals surface area contributed by atoms with Crippen LogP contribution in [0.2, 0.25) is 10.0 Å². The highest BCUT2D eigenvalue weighted by Crippen LogP contribution is 2.20. The lowest BCUT2D eigenvalue weighted by atomic mass is 10.2. The van der Waals surface area contributed by atoms with E-state index in [1.165, 1.54) is 16.8 Å². The van der Waals surface area contributed by atoms with Crippen LogP contribution in [-0.4, -0.2) is 21.6 Å². The van der Waals surface area contributed by atoms with E-state index in [1.807, 2.05) is 0 Å². The van der Waals surface area contributed by atoms with Crippen LogP contribution in [-0.2, 0) is 11.3 Å². The van der Waals surface area contributed by atoms with Gasteiger partial charge >= 0.3 is 0 Å². The third kappa shape index (κ3) is 3.84. The number of nitrogens with one attached hydrogen (secondary N) is 2. The number of halogens is 2. The molecule has 0 unspecified atom stereocenters. The van der Waals surface area contributed by atoms with E-state index < -0.39 is 11.8 Å². The van der Waals surface area contributed by atoms with Crippen molar-refractivity contribution in [2.75, 3.05) is 0 Å². The van der Waals surface area contributed by atoms with Crippen LogP contribution in [0.1, 0.15) is 10.4 Å². The zero-order valence-corrected chi connectivity index (χ0v) is 14.7. The van der Waals surface area contributed by atoms with Crippen molar-refractivity contribution in [3.05, 3.63) is 74.5 Å². The molecule has 0 saturated carbocycles. The van der Waals surface area contributed by atoms with Crippen LogP contribution in [0.4, 0.5) is 0 Å². The SMILES string of the molecule is O=C(Cn1ncc(=O)c2ccccc21)NNC(=O)c1cc(Cl)ccc1Cl. The van der Waals surface area contributed by atoms with Crippen molar-refractivity contribution in [3.63, 3.8) is 0 Å². The van der Waals surface area contributed by atoms with Crippen molar-refractivity contribution >= 4 is 45.9 Å². The predicted octanol–water partition coefficient (Wildman–Crippen LogP) is 2.16. The van der Waals surface area contributed by atoms with Gasteiger partial charge < -0.3 is 0 Å². The summed E-state index contributed by atoms with van der Waals surface area (Å²) in [4.78, 5) is 36.0. The Bertz CT molecular complexity index is 1070. The molecule has 3 aromatic rings. The molecule has 2 amide bonds. The summed E-state index contributed by atoms with van der Waals surface area (Å²) in [5.41, 5.74) is 4.95. The first-order chi connectivity index (χ1) is 12.5. The van der Waals surface area contributed by atoms with Gasteiger partial charge in [-0.05, 0) is 30.3 Å². The van der Waals surface area contributed by atoms with Crippen LogP contribution < -0.4 is 16.3 Å². The Morgan fingerprint density at radius 2 is 1.85 bits per heavy atom. The van der Waals surface area contributed by atoms with Gasteiger partial charge in [0.1, 0.15) is 6.54 Å². The van der Waals surface area contributed by atoms with Gasteiger partial charge in [-0.1, -0.05) is 35.3 Å². The monoisotopic (exact) mass is 390 g/mol. The maximum absolute atomic E-state index is 12.1. The number of rotatable bonds is 3. The van der Waals surface area contributed by atoms with Gasteiger partial charge in [0.25, 0.3) is 11.8 Å². The van der Waals surface area contributed by atoms with E-state index in [9.17, 15) is 14.4 Å². The summed E-state index contributed by atoms with van der Waals surface area (Å²) in [6, 6.07) is 11.2. The fraction of sp³-hybridized carbons (Fsp3) is 0.0588. The second-order valence-electron chi connectivity index (χ2n) is 5.31. The molecule has 0 radical (unpaired) electrons. The van der Waals surface area contributed by atoms with Gasteiger partial charge in [-0.3, -0.25) is 29.9 Å². The van der Waals surface area contributed by atoms with Crippen LogP contribution in [0.15, 0.2) is 53.5 Å². The first kappa shape index (κ1) is 17.9. The van der Waals surface area contributed by atoms with E-state index in [4.69, 9.17) is 23.2 Å². The summed E-state index contributed by atoms with van der Waals surface area (Å²) in [5, 5.41) is 4.94. The molecular formula is C17H12Cl2N4O3. The zero-order valence-electron chi connectivity index (χ0n) is 13.2. The summed E-state index contributed by atoms with van der Waals surface area (Å²) in [6.45, 7) is -0.190. The third-order valence-corrected chi connectivity index (χ3v) is 4.11. The summed E-state index contributed by atoms with van der Waals surface area (Å²) in [5.74, 6) is -1.14. The molecule has 1 aromatic heterocycles. The lowest BCUT2D eigenvalue weighted by Crippen LogP contribution is -2.43. The number of benzene rings is 2. The van der Waals surface area contributed by atoms with Gasteiger partial charge in [-0.15, -0.1) is 0 Å². The lowest BCUT2D eigenvalue weighted by Gasteiger charge is -2.11. The van der Waals surface area contributed by atoms with Crippen LogP contribution >= 0.6 is 23.2 Å². The van der Waals surface area contributed by atoms with E-state index in [0.29, 0.717) is 15.9 Å². The Labute approximate surface area is 157 Å². The smallest absolute Gasteiger partial charge is 0.271 e. The van der Waals surface area contributed by atoms with Crippen molar-refractivity contribution in [2.45, 2.75) is 6.54 Å². The summed E-state index contributed by atoms with van der Waals surface area (Å²) >= 11 is 11.8. The third-order valence-electron chi connectivity index (χ3n) is 3.54. The summed E-state index contributed by atoms with van der Waals surface area (Å²) < 4.78 is 1.37. The molecule has 0 aliphatic rings. The molecule has 0 atom stereocenters. The molecular weight excluding hydrogens is 379 g/mol. The summed E-state index contributed by atoms with van der Waals surface area (Å²) in [6.07, 6.45) is 1.14. The van der Waals surface area contributed by atoms with Crippen LogP contribution in [0.3, 0.4) is 0 Å². The minimum absolute atomic E-state index is 0.131. The van der Waals surface area contributed by atoms with E-state index in [2.05, 4.69) is 16.0 Å². The highest BCUT2D eigenvalue weighted by Gasteiger charge is 2.13. The molecule has 0 aliphatic carbocycles. The molecule has 9 heteroatoms. The molecule has 0 fully saturated rings. The van der Waals surface area contributed by atoms with Crippen LogP contribution in [0.5, 0.6) is 0 Å². The molecule has 26 heavy (non-hydrogen) atoms. The maximum atomic E-state index is 12.1. The fourth-order valence-electron chi connectivity index (χ4n) is 2.33. The van der Waals surface area contributed by atoms with Crippen LogP contribution in [0, 0.1) is 0 Å². The quantitative estimate of drug-likeness (QED) is 0.670. The van der Waals surface area contributed by atoms with Gasteiger partial charge in [0.05, 0.1) is 22.3 Å². The standard InChI is InChI=1S/C17H12Cl2N4O3/c18-10-5-6-13(19)12(7-10)17(26)22-21-16(25)9-23-14-4-2-1-3-11(14)15(24)8-20-23/h1-8H,9H2,(H,21,25)(H,22,26). The number of fused-ring (bicyclic) bond motifs is 1. The number of nitrogens with zero attached hydrogens (tertiary/aromatic N) is 2. The molecule has 0 saturated heterocycles. The van der Waals surface area contributed by atoms with Crippen molar-refractivity contribution in [1.29, 1.82) is 0 Å². The van der Waals surface area contributed by atoms with Crippen molar-refractivity contribution < 1.29 is 9.59 Å². The highest BCUT2D eigenvalue weighted by atomic mass is 35.5. The molecule has 3 rings (SSSR count). The number of hydrazine groups is 1. The molecule has 2 N–H and O–H groups in total. The van der Waals surface area contributed by atoms with Crippen molar-refractivity contribution in [2.24, 2.45) is 0 Å². The Balaban J connectivity index is 1.70. The first-order valence-corrected chi connectivity index (χ1v) is 8.20. The van der Waals surface area contributed by atoms with Gasteiger partial charge in [0.15, 0.2) is 0 Å².